The minimum atomic E-state index is -0.0657. The van der Waals surface area contributed by atoms with E-state index in [0.29, 0.717) is 22.6 Å². The van der Waals surface area contributed by atoms with Gasteiger partial charge in [-0.25, -0.2) is 4.98 Å². The van der Waals surface area contributed by atoms with Crippen LogP contribution in [-0.4, -0.2) is 20.6 Å². The van der Waals surface area contributed by atoms with Crippen molar-refractivity contribution in [2.75, 3.05) is 0 Å². The molecule has 0 spiro atoms. The third kappa shape index (κ3) is 4.72. The van der Waals surface area contributed by atoms with Gasteiger partial charge in [0.25, 0.3) is 5.56 Å². The topological polar surface area (TPSA) is 72.8 Å². The number of fused-ring (bicyclic) bond motifs is 1. The quantitative estimate of drug-likeness (QED) is 0.680. The Morgan fingerprint density at radius 2 is 2.13 bits per heavy atom. The van der Waals surface area contributed by atoms with Crippen molar-refractivity contribution in [1.82, 2.24) is 9.38 Å². The second-order valence-electron chi connectivity index (χ2n) is 5.56. The molecule has 2 aromatic rings. The molecule has 1 fully saturated rings. The van der Waals surface area contributed by atoms with Crippen LogP contribution in [0.5, 0.6) is 0 Å². The number of thioether (sulfide) groups is 1. The summed E-state index contributed by atoms with van der Waals surface area (Å²) in [4.78, 5) is 21.1. The van der Waals surface area contributed by atoms with Crippen LogP contribution in [0.15, 0.2) is 40.2 Å². The van der Waals surface area contributed by atoms with Crippen molar-refractivity contribution < 1.29 is 0 Å². The summed E-state index contributed by atoms with van der Waals surface area (Å²) >= 11 is 1.46. The lowest BCUT2D eigenvalue weighted by atomic mass is 9.96. The van der Waals surface area contributed by atoms with Crippen LogP contribution in [0.1, 0.15) is 37.8 Å². The molecular weight excluding hydrogens is 332 g/mol. The summed E-state index contributed by atoms with van der Waals surface area (Å²) in [6.07, 6.45) is 7.79. The Hall–Kier alpha value is -1.53. The van der Waals surface area contributed by atoms with E-state index < -0.39 is 0 Å². The standard InChI is InChI=1S/C16H20N4OS.ClH/c17-16(19-12-6-2-1-3-7-12)22-11-13-10-15(21)20-9-5-4-8-14(20)18-13;/h4-5,8-10,12H,1-3,6-7,11H2,(H2,17,19);1H. The first-order valence-corrected chi connectivity index (χ1v) is 8.64. The smallest absolute Gasteiger partial charge is 0.258 e. The maximum absolute atomic E-state index is 12.0. The van der Waals surface area contributed by atoms with Gasteiger partial charge in [0.15, 0.2) is 5.17 Å². The number of hydrogen-bond acceptors (Lipinski definition) is 4. The first-order chi connectivity index (χ1) is 10.7. The van der Waals surface area contributed by atoms with Gasteiger partial charge in [-0.2, -0.15) is 0 Å². The van der Waals surface area contributed by atoms with Gasteiger partial charge in [-0.15, -0.1) is 12.4 Å². The van der Waals surface area contributed by atoms with Gasteiger partial charge in [0.2, 0.25) is 0 Å². The molecule has 0 unspecified atom stereocenters. The molecule has 0 aromatic carbocycles. The predicted octanol–water partition coefficient (Wildman–Crippen LogP) is 3.00. The first-order valence-electron chi connectivity index (χ1n) is 7.66. The number of aromatic nitrogens is 2. The Kier molecular flexibility index (Phi) is 6.47. The van der Waals surface area contributed by atoms with E-state index in [1.165, 1.54) is 35.4 Å². The van der Waals surface area contributed by atoms with Crippen LogP contribution in [0.4, 0.5) is 0 Å². The Labute approximate surface area is 145 Å². The minimum absolute atomic E-state index is 0. The second-order valence-corrected chi connectivity index (χ2v) is 6.56. The molecule has 3 rings (SSSR count). The maximum atomic E-state index is 12.0. The summed E-state index contributed by atoms with van der Waals surface area (Å²) in [7, 11) is 0. The van der Waals surface area contributed by atoms with Gasteiger partial charge in [-0.3, -0.25) is 14.2 Å². The van der Waals surface area contributed by atoms with E-state index in [4.69, 9.17) is 5.73 Å². The highest BCUT2D eigenvalue weighted by Gasteiger charge is 2.12. The summed E-state index contributed by atoms with van der Waals surface area (Å²) in [5.41, 5.74) is 7.34. The Bertz CT molecular complexity index is 740. The minimum Gasteiger partial charge on any atom is -0.379 e. The molecule has 7 heteroatoms. The van der Waals surface area contributed by atoms with Gasteiger partial charge in [0, 0.05) is 18.0 Å². The highest BCUT2D eigenvalue weighted by molar-refractivity contribution is 8.13. The average molecular weight is 353 g/mol. The predicted molar refractivity (Wildman–Crippen MR) is 98.5 cm³/mol. The lowest BCUT2D eigenvalue weighted by molar-refractivity contribution is 0.444. The molecule has 1 aliphatic rings. The monoisotopic (exact) mass is 352 g/mol. The Balaban J connectivity index is 0.00000192. The van der Waals surface area contributed by atoms with Crippen LogP contribution in [0, 0.1) is 0 Å². The van der Waals surface area contributed by atoms with Crippen molar-refractivity contribution >= 4 is 35.0 Å². The molecule has 5 nitrogen and oxygen atoms in total. The van der Waals surface area contributed by atoms with Crippen molar-refractivity contribution in [2.24, 2.45) is 10.7 Å². The molecular formula is C16H21ClN4OS. The van der Waals surface area contributed by atoms with Crippen LogP contribution >= 0.6 is 24.2 Å². The van der Waals surface area contributed by atoms with Gasteiger partial charge in [-0.05, 0) is 25.0 Å². The van der Waals surface area contributed by atoms with E-state index in [-0.39, 0.29) is 18.0 Å². The Morgan fingerprint density at radius 3 is 2.91 bits per heavy atom. The number of halogens is 1. The fraction of sp³-hybridized carbons (Fsp3) is 0.438. The van der Waals surface area contributed by atoms with Gasteiger partial charge < -0.3 is 5.73 Å². The summed E-state index contributed by atoms with van der Waals surface area (Å²) in [5, 5.41) is 0.599. The molecule has 23 heavy (non-hydrogen) atoms. The van der Waals surface area contributed by atoms with Crippen LogP contribution in [0.25, 0.3) is 5.65 Å². The molecule has 0 saturated heterocycles. The van der Waals surface area contributed by atoms with Crippen molar-refractivity contribution in [3.63, 3.8) is 0 Å². The molecule has 2 N–H and O–H groups in total. The molecule has 1 saturated carbocycles. The van der Waals surface area contributed by atoms with Crippen LogP contribution < -0.4 is 11.3 Å². The highest BCUT2D eigenvalue weighted by atomic mass is 35.5. The first kappa shape index (κ1) is 17.8. The van der Waals surface area contributed by atoms with Crippen LogP contribution in [0.2, 0.25) is 0 Å². The lowest BCUT2D eigenvalue weighted by Gasteiger charge is -2.17. The number of hydrogen-bond donors (Lipinski definition) is 1. The molecule has 0 radical (unpaired) electrons. The van der Waals surface area contributed by atoms with E-state index in [1.807, 2.05) is 18.2 Å². The van der Waals surface area contributed by atoms with Gasteiger partial charge in [0.1, 0.15) is 5.65 Å². The molecule has 2 heterocycles. The summed E-state index contributed by atoms with van der Waals surface area (Å²) in [5.74, 6) is 0.572. The number of rotatable bonds is 3. The molecule has 124 valence electrons. The lowest BCUT2D eigenvalue weighted by Crippen LogP contribution is -2.17. The largest absolute Gasteiger partial charge is 0.379 e. The van der Waals surface area contributed by atoms with Gasteiger partial charge in [-0.1, -0.05) is 37.1 Å². The van der Waals surface area contributed by atoms with Crippen molar-refractivity contribution in [2.45, 2.75) is 43.9 Å². The fourth-order valence-electron chi connectivity index (χ4n) is 2.75. The molecule has 1 aliphatic carbocycles. The number of aliphatic imine (C=N–C) groups is 1. The zero-order chi connectivity index (χ0) is 15.4. The SMILES string of the molecule is Cl.NC(=NC1CCCCC1)SCc1cc(=O)n2ccccc2n1. The third-order valence-electron chi connectivity index (χ3n) is 3.88. The van der Waals surface area contributed by atoms with E-state index in [9.17, 15) is 4.79 Å². The second kappa shape index (κ2) is 8.36. The van der Waals surface area contributed by atoms with E-state index in [1.54, 1.807) is 12.3 Å². The Morgan fingerprint density at radius 1 is 1.35 bits per heavy atom. The van der Waals surface area contributed by atoms with Crippen molar-refractivity contribution in [3.8, 4) is 0 Å². The van der Waals surface area contributed by atoms with Gasteiger partial charge in [0.05, 0.1) is 11.7 Å². The van der Waals surface area contributed by atoms with E-state index >= 15 is 0 Å². The zero-order valence-electron chi connectivity index (χ0n) is 12.9. The van der Waals surface area contributed by atoms with Gasteiger partial charge >= 0.3 is 0 Å². The summed E-state index contributed by atoms with van der Waals surface area (Å²) in [6, 6.07) is 7.45. The summed E-state index contributed by atoms with van der Waals surface area (Å²) < 4.78 is 1.54. The number of pyridine rings is 1. The van der Waals surface area contributed by atoms with Crippen LogP contribution in [-0.2, 0) is 5.75 Å². The maximum Gasteiger partial charge on any atom is 0.258 e. The molecule has 0 bridgehead atoms. The molecule has 0 amide bonds. The third-order valence-corrected chi connectivity index (χ3v) is 4.72. The number of amidine groups is 1. The average Bonchev–Trinajstić information content (AvgIpc) is 2.54. The van der Waals surface area contributed by atoms with Crippen molar-refractivity contribution in [1.29, 1.82) is 0 Å². The number of nitrogens with zero attached hydrogens (tertiary/aromatic N) is 3. The summed E-state index contributed by atoms with van der Waals surface area (Å²) in [6.45, 7) is 0. The molecule has 0 aliphatic heterocycles. The fourth-order valence-corrected chi connectivity index (χ4v) is 3.42. The van der Waals surface area contributed by atoms with E-state index in [0.717, 1.165) is 18.5 Å². The number of nitrogens with two attached hydrogens (primary N) is 1. The highest BCUT2D eigenvalue weighted by Crippen LogP contribution is 2.21. The zero-order valence-corrected chi connectivity index (χ0v) is 14.5. The molecule has 2 aromatic heterocycles. The van der Waals surface area contributed by atoms with Crippen molar-refractivity contribution in [3.05, 3.63) is 46.5 Å². The van der Waals surface area contributed by atoms with E-state index in [2.05, 4.69) is 9.98 Å². The molecule has 0 atom stereocenters. The van der Waals surface area contributed by atoms with Crippen LogP contribution in [0.3, 0.4) is 0 Å². The normalized spacial score (nSPS) is 16.3.